The third kappa shape index (κ3) is 2.71. The van der Waals surface area contributed by atoms with Gasteiger partial charge in [0.1, 0.15) is 5.82 Å². The van der Waals surface area contributed by atoms with Crippen molar-refractivity contribution >= 4 is 0 Å². The quantitative estimate of drug-likeness (QED) is 0.883. The van der Waals surface area contributed by atoms with Crippen molar-refractivity contribution < 1.29 is 9.50 Å². The van der Waals surface area contributed by atoms with Crippen molar-refractivity contribution in [2.75, 3.05) is 0 Å². The molecule has 1 N–H and O–H groups in total. The van der Waals surface area contributed by atoms with E-state index >= 15 is 0 Å². The van der Waals surface area contributed by atoms with Crippen molar-refractivity contribution in [2.24, 2.45) is 7.05 Å². The van der Waals surface area contributed by atoms with E-state index in [1.807, 2.05) is 13.2 Å². The summed E-state index contributed by atoms with van der Waals surface area (Å²) >= 11 is 0. The summed E-state index contributed by atoms with van der Waals surface area (Å²) in [5.74, 6) is -0.248. The Labute approximate surface area is 99.5 Å². The van der Waals surface area contributed by atoms with Gasteiger partial charge in [-0.15, -0.1) is 0 Å². The Balaban J connectivity index is 2.14. The maximum Gasteiger partial charge on any atom is 0.126 e. The van der Waals surface area contributed by atoms with Gasteiger partial charge >= 0.3 is 0 Å². The first-order valence-electron chi connectivity index (χ1n) is 5.48. The molecular weight excluding hydrogens is 219 g/mol. The fourth-order valence-electron chi connectivity index (χ4n) is 1.79. The topological polar surface area (TPSA) is 38.1 Å². The molecule has 0 fully saturated rings. The van der Waals surface area contributed by atoms with Crippen molar-refractivity contribution in [1.29, 1.82) is 0 Å². The van der Waals surface area contributed by atoms with Gasteiger partial charge in [-0.2, -0.15) is 5.10 Å². The zero-order valence-corrected chi connectivity index (χ0v) is 9.89. The molecule has 17 heavy (non-hydrogen) atoms. The van der Waals surface area contributed by atoms with E-state index in [4.69, 9.17) is 0 Å². The van der Waals surface area contributed by atoms with Crippen LogP contribution in [0.2, 0.25) is 0 Å². The van der Waals surface area contributed by atoms with Gasteiger partial charge < -0.3 is 5.11 Å². The molecule has 90 valence electrons. The van der Waals surface area contributed by atoms with Gasteiger partial charge in [0.15, 0.2) is 0 Å². The molecule has 0 radical (unpaired) electrons. The molecule has 0 saturated carbocycles. The van der Waals surface area contributed by atoms with Crippen LogP contribution in [0.5, 0.6) is 0 Å². The van der Waals surface area contributed by atoms with Crippen molar-refractivity contribution in [1.82, 2.24) is 9.78 Å². The summed E-state index contributed by atoms with van der Waals surface area (Å²) in [6.07, 6.45) is 3.44. The lowest BCUT2D eigenvalue weighted by Crippen LogP contribution is -2.02. The smallest absolute Gasteiger partial charge is 0.126 e. The molecule has 1 atom stereocenters. The minimum Gasteiger partial charge on any atom is -0.388 e. The first-order chi connectivity index (χ1) is 8.06. The molecule has 1 aromatic carbocycles. The number of aliphatic hydroxyl groups is 1. The highest BCUT2D eigenvalue weighted by atomic mass is 19.1. The van der Waals surface area contributed by atoms with Crippen LogP contribution in [-0.2, 0) is 13.5 Å². The van der Waals surface area contributed by atoms with Crippen molar-refractivity contribution in [3.8, 4) is 0 Å². The van der Waals surface area contributed by atoms with Gasteiger partial charge in [0.2, 0.25) is 0 Å². The molecule has 1 aromatic heterocycles. The monoisotopic (exact) mass is 234 g/mol. The van der Waals surface area contributed by atoms with Crippen LogP contribution >= 0.6 is 0 Å². The predicted octanol–water partition coefficient (Wildman–Crippen LogP) is 2.14. The second kappa shape index (κ2) is 4.67. The van der Waals surface area contributed by atoms with Crippen LogP contribution in [0.15, 0.2) is 30.6 Å². The number of aryl methyl sites for hydroxylation is 2. The van der Waals surface area contributed by atoms with Gasteiger partial charge in [-0.05, 0) is 29.7 Å². The van der Waals surface area contributed by atoms with Crippen LogP contribution in [0, 0.1) is 12.7 Å². The largest absolute Gasteiger partial charge is 0.388 e. The molecule has 0 bridgehead atoms. The van der Waals surface area contributed by atoms with E-state index in [1.54, 1.807) is 29.9 Å². The molecule has 2 aromatic rings. The number of hydrogen-bond acceptors (Lipinski definition) is 2. The van der Waals surface area contributed by atoms with E-state index in [-0.39, 0.29) is 5.82 Å². The van der Waals surface area contributed by atoms with E-state index in [2.05, 4.69) is 5.10 Å². The highest BCUT2D eigenvalue weighted by Gasteiger charge is 2.11. The zero-order valence-electron chi connectivity index (χ0n) is 9.89. The number of nitrogens with zero attached hydrogens (tertiary/aromatic N) is 2. The van der Waals surface area contributed by atoms with Crippen molar-refractivity contribution in [3.05, 3.63) is 53.1 Å². The Morgan fingerprint density at radius 1 is 1.47 bits per heavy atom. The van der Waals surface area contributed by atoms with E-state index < -0.39 is 6.10 Å². The molecule has 0 aliphatic rings. The highest BCUT2D eigenvalue weighted by Crippen LogP contribution is 2.20. The van der Waals surface area contributed by atoms with E-state index in [0.717, 1.165) is 11.1 Å². The Bertz CT molecular complexity index is 522. The fraction of sp³-hybridized carbons (Fsp3) is 0.308. The van der Waals surface area contributed by atoms with Crippen LogP contribution in [0.1, 0.15) is 22.8 Å². The summed E-state index contributed by atoms with van der Waals surface area (Å²) in [7, 11) is 1.83. The maximum absolute atomic E-state index is 13.1. The molecule has 0 saturated heterocycles. The van der Waals surface area contributed by atoms with Gasteiger partial charge in [0.25, 0.3) is 0 Å². The number of aromatic nitrogens is 2. The minimum atomic E-state index is -0.626. The lowest BCUT2D eigenvalue weighted by molar-refractivity contribution is 0.178. The molecule has 1 heterocycles. The second-order valence-corrected chi connectivity index (χ2v) is 4.25. The zero-order chi connectivity index (χ0) is 12.4. The maximum atomic E-state index is 13.1. The average molecular weight is 234 g/mol. The van der Waals surface area contributed by atoms with Crippen molar-refractivity contribution in [3.63, 3.8) is 0 Å². The van der Waals surface area contributed by atoms with Crippen molar-refractivity contribution in [2.45, 2.75) is 19.4 Å². The summed E-state index contributed by atoms with van der Waals surface area (Å²) in [4.78, 5) is 0. The first-order valence-corrected chi connectivity index (χ1v) is 5.48. The van der Waals surface area contributed by atoms with Gasteiger partial charge in [0, 0.05) is 19.7 Å². The SMILES string of the molecule is Cc1cc(C(O)Cc2cnn(C)c2)ccc1F. The lowest BCUT2D eigenvalue weighted by atomic mass is 10.0. The number of benzene rings is 1. The predicted molar refractivity (Wildman–Crippen MR) is 63.0 cm³/mol. The van der Waals surface area contributed by atoms with Crippen LogP contribution in [-0.4, -0.2) is 14.9 Å². The summed E-state index contributed by atoms with van der Waals surface area (Å²) < 4.78 is 14.8. The van der Waals surface area contributed by atoms with Gasteiger partial charge in [-0.1, -0.05) is 12.1 Å². The number of rotatable bonds is 3. The highest BCUT2D eigenvalue weighted by molar-refractivity contribution is 5.26. The molecule has 1 unspecified atom stereocenters. The normalized spacial score (nSPS) is 12.7. The number of halogens is 1. The van der Waals surface area contributed by atoms with E-state index in [0.29, 0.717) is 12.0 Å². The molecule has 3 nitrogen and oxygen atoms in total. The van der Waals surface area contributed by atoms with Gasteiger partial charge in [-0.3, -0.25) is 4.68 Å². The number of aliphatic hydroxyl groups excluding tert-OH is 1. The standard InChI is InChI=1S/C13H15FN2O/c1-9-5-11(3-4-12(9)14)13(17)6-10-7-15-16(2)8-10/h3-5,7-8,13,17H,6H2,1-2H3. The third-order valence-corrected chi connectivity index (χ3v) is 2.75. The average Bonchev–Trinajstić information content (AvgIpc) is 2.68. The molecule has 0 spiro atoms. The van der Waals surface area contributed by atoms with Gasteiger partial charge in [0.05, 0.1) is 12.3 Å². The molecule has 2 rings (SSSR count). The molecule has 4 heteroatoms. The summed E-state index contributed by atoms with van der Waals surface area (Å²) in [6.45, 7) is 1.69. The molecular formula is C13H15FN2O. The minimum absolute atomic E-state index is 0.248. The van der Waals surface area contributed by atoms with Crippen LogP contribution in [0.25, 0.3) is 0 Å². The van der Waals surface area contributed by atoms with Crippen LogP contribution in [0.3, 0.4) is 0 Å². The van der Waals surface area contributed by atoms with Crippen LogP contribution < -0.4 is 0 Å². The Morgan fingerprint density at radius 2 is 2.24 bits per heavy atom. The first kappa shape index (κ1) is 11.8. The Hall–Kier alpha value is -1.68. The third-order valence-electron chi connectivity index (χ3n) is 2.75. The van der Waals surface area contributed by atoms with Crippen LogP contribution in [0.4, 0.5) is 4.39 Å². The second-order valence-electron chi connectivity index (χ2n) is 4.25. The molecule has 0 aliphatic carbocycles. The summed E-state index contributed by atoms with van der Waals surface area (Å²) in [5, 5.41) is 14.1. The molecule has 0 amide bonds. The molecule has 0 aliphatic heterocycles. The van der Waals surface area contributed by atoms with E-state index in [1.165, 1.54) is 6.07 Å². The summed E-state index contributed by atoms with van der Waals surface area (Å²) in [5.41, 5.74) is 2.24. The van der Waals surface area contributed by atoms with Gasteiger partial charge in [-0.25, -0.2) is 4.39 Å². The fourth-order valence-corrected chi connectivity index (χ4v) is 1.79. The summed E-state index contributed by atoms with van der Waals surface area (Å²) in [6, 6.07) is 4.68. The lowest BCUT2D eigenvalue weighted by Gasteiger charge is -2.10. The Kier molecular flexibility index (Phi) is 3.24. The Morgan fingerprint density at radius 3 is 2.82 bits per heavy atom. The number of hydrogen-bond donors (Lipinski definition) is 1. The van der Waals surface area contributed by atoms with E-state index in [9.17, 15) is 9.50 Å².